The molecule has 1 aromatic rings. The van der Waals surface area contributed by atoms with E-state index in [1.165, 1.54) is 35.1 Å². The van der Waals surface area contributed by atoms with E-state index in [4.69, 9.17) is 5.73 Å². The molecule has 0 unspecified atom stereocenters. The highest BCUT2D eigenvalue weighted by atomic mass is 14.8. The minimum absolute atomic E-state index is 0.129. The summed E-state index contributed by atoms with van der Waals surface area (Å²) in [6.07, 6.45) is 4.57. The Kier molecular flexibility index (Phi) is 2.59. The second-order valence-electron chi connectivity index (χ2n) is 5.09. The molecule has 0 amide bonds. The minimum atomic E-state index is 0.129. The molecule has 1 saturated carbocycles. The molecule has 1 fully saturated rings. The van der Waals surface area contributed by atoms with Crippen molar-refractivity contribution in [2.75, 3.05) is 0 Å². The molecule has 0 aliphatic heterocycles. The predicted octanol–water partition coefficient (Wildman–Crippen LogP) is 2.90. The summed E-state index contributed by atoms with van der Waals surface area (Å²) in [6.45, 7) is 6.63. The van der Waals surface area contributed by atoms with Crippen LogP contribution in [0.4, 0.5) is 0 Å². The van der Waals surface area contributed by atoms with Crippen LogP contribution in [-0.2, 0) is 12.8 Å². The molecule has 0 bridgehead atoms. The maximum atomic E-state index is 6.19. The number of hydrogen-bond acceptors (Lipinski definition) is 1. The quantitative estimate of drug-likeness (QED) is 0.803. The van der Waals surface area contributed by atoms with Gasteiger partial charge in [0, 0.05) is 5.54 Å². The third-order valence-electron chi connectivity index (χ3n) is 3.68. The van der Waals surface area contributed by atoms with Gasteiger partial charge < -0.3 is 5.73 Å². The molecule has 0 heterocycles. The van der Waals surface area contributed by atoms with E-state index >= 15 is 0 Å². The zero-order chi connectivity index (χ0) is 11.1. The van der Waals surface area contributed by atoms with Crippen molar-refractivity contribution in [1.29, 1.82) is 0 Å². The van der Waals surface area contributed by atoms with Crippen LogP contribution in [0.1, 0.15) is 42.0 Å². The molecule has 2 rings (SSSR count). The molecule has 1 heteroatoms. The predicted molar refractivity (Wildman–Crippen MR) is 65.2 cm³/mol. The van der Waals surface area contributed by atoms with Gasteiger partial charge in [0.1, 0.15) is 0 Å². The van der Waals surface area contributed by atoms with Crippen LogP contribution in [-0.4, -0.2) is 5.54 Å². The summed E-state index contributed by atoms with van der Waals surface area (Å²) in [7, 11) is 0. The van der Waals surface area contributed by atoms with Crippen LogP contribution in [0.15, 0.2) is 12.1 Å². The van der Waals surface area contributed by atoms with Gasteiger partial charge in [-0.3, -0.25) is 0 Å². The van der Waals surface area contributed by atoms with E-state index in [0.29, 0.717) is 0 Å². The zero-order valence-corrected chi connectivity index (χ0v) is 10.1. The maximum Gasteiger partial charge on any atom is 0.0196 e. The SMILES string of the molecule is CCc1cc(C)c(C)c(CC2(N)CC2)c1. The highest BCUT2D eigenvalue weighted by Crippen LogP contribution is 2.36. The summed E-state index contributed by atoms with van der Waals surface area (Å²) >= 11 is 0. The summed E-state index contributed by atoms with van der Waals surface area (Å²) in [5, 5.41) is 0. The maximum absolute atomic E-state index is 6.19. The van der Waals surface area contributed by atoms with Gasteiger partial charge in [0.05, 0.1) is 0 Å². The standard InChI is InChI=1S/C14H21N/c1-4-12-7-10(2)11(3)13(8-12)9-14(15)5-6-14/h7-8H,4-6,9,15H2,1-3H3. The van der Waals surface area contributed by atoms with E-state index in [2.05, 4.69) is 32.9 Å². The van der Waals surface area contributed by atoms with Crippen molar-refractivity contribution < 1.29 is 0 Å². The monoisotopic (exact) mass is 203 g/mol. The van der Waals surface area contributed by atoms with Crippen LogP contribution in [0.2, 0.25) is 0 Å². The summed E-state index contributed by atoms with van der Waals surface area (Å²) in [6, 6.07) is 4.64. The van der Waals surface area contributed by atoms with Crippen LogP contribution in [0, 0.1) is 13.8 Å². The molecule has 0 spiro atoms. The third kappa shape index (κ3) is 2.23. The fraction of sp³-hybridized carbons (Fsp3) is 0.571. The van der Waals surface area contributed by atoms with Crippen molar-refractivity contribution in [2.45, 2.75) is 52.0 Å². The first-order valence-electron chi connectivity index (χ1n) is 5.92. The Morgan fingerprint density at radius 2 is 1.93 bits per heavy atom. The van der Waals surface area contributed by atoms with Gasteiger partial charge in [0.25, 0.3) is 0 Å². The van der Waals surface area contributed by atoms with Crippen molar-refractivity contribution in [3.63, 3.8) is 0 Å². The average Bonchev–Trinajstić information content (AvgIpc) is 2.91. The molecule has 0 radical (unpaired) electrons. The number of hydrogen-bond donors (Lipinski definition) is 1. The van der Waals surface area contributed by atoms with E-state index in [9.17, 15) is 0 Å². The van der Waals surface area contributed by atoms with Crippen molar-refractivity contribution in [1.82, 2.24) is 0 Å². The Bertz CT molecular complexity index is 375. The van der Waals surface area contributed by atoms with Crippen LogP contribution in [0.25, 0.3) is 0 Å². The van der Waals surface area contributed by atoms with Gasteiger partial charge in [-0.25, -0.2) is 0 Å². The van der Waals surface area contributed by atoms with Gasteiger partial charge in [-0.2, -0.15) is 0 Å². The second-order valence-corrected chi connectivity index (χ2v) is 5.09. The van der Waals surface area contributed by atoms with Crippen molar-refractivity contribution >= 4 is 0 Å². The first kappa shape index (κ1) is 10.7. The summed E-state index contributed by atoms with van der Waals surface area (Å²) < 4.78 is 0. The second kappa shape index (κ2) is 3.64. The van der Waals surface area contributed by atoms with Crippen LogP contribution < -0.4 is 5.73 Å². The van der Waals surface area contributed by atoms with E-state index < -0.39 is 0 Å². The van der Waals surface area contributed by atoms with Gasteiger partial charge in [0.2, 0.25) is 0 Å². The first-order valence-corrected chi connectivity index (χ1v) is 5.92. The van der Waals surface area contributed by atoms with Gasteiger partial charge in [-0.1, -0.05) is 19.1 Å². The Labute approximate surface area is 92.7 Å². The number of rotatable bonds is 3. The van der Waals surface area contributed by atoms with Gasteiger partial charge >= 0.3 is 0 Å². The normalized spacial score (nSPS) is 17.9. The molecule has 1 aliphatic carbocycles. The summed E-state index contributed by atoms with van der Waals surface area (Å²) in [4.78, 5) is 0. The number of nitrogens with two attached hydrogens (primary N) is 1. The van der Waals surface area contributed by atoms with E-state index in [0.717, 1.165) is 12.8 Å². The Morgan fingerprint density at radius 3 is 2.47 bits per heavy atom. The molecule has 1 aromatic carbocycles. The molecule has 1 nitrogen and oxygen atoms in total. The van der Waals surface area contributed by atoms with Crippen molar-refractivity contribution in [3.8, 4) is 0 Å². The Morgan fingerprint density at radius 1 is 1.27 bits per heavy atom. The van der Waals surface area contributed by atoms with Crippen molar-refractivity contribution in [2.24, 2.45) is 5.73 Å². The van der Waals surface area contributed by atoms with E-state index in [1.54, 1.807) is 0 Å². The number of aryl methyl sites for hydroxylation is 2. The molecule has 15 heavy (non-hydrogen) atoms. The molecule has 82 valence electrons. The van der Waals surface area contributed by atoms with Crippen LogP contribution in [0.3, 0.4) is 0 Å². The number of benzene rings is 1. The zero-order valence-electron chi connectivity index (χ0n) is 10.1. The fourth-order valence-corrected chi connectivity index (χ4v) is 2.12. The highest BCUT2D eigenvalue weighted by molar-refractivity contribution is 5.39. The molecular formula is C14H21N. The average molecular weight is 203 g/mol. The Hall–Kier alpha value is -0.820. The molecular weight excluding hydrogens is 182 g/mol. The third-order valence-corrected chi connectivity index (χ3v) is 3.68. The minimum Gasteiger partial charge on any atom is -0.325 e. The van der Waals surface area contributed by atoms with E-state index in [-0.39, 0.29) is 5.54 Å². The van der Waals surface area contributed by atoms with Crippen LogP contribution in [0.5, 0.6) is 0 Å². The Balaban J connectivity index is 2.31. The topological polar surface area (TPSA) is 26.0 Å². The lowest BCUT2D eigenvalue weighted by Gasteiger charge is -2.15. The molecule has 0 saturated heterocycles. The van der Waals surface area contributed by atoms with E-state index in [1.807, 2.05) is 0 Å². The lowest BCUT2D eigenvalue weighted by atomic mass is 9.93. The molecule has 2 N–H and O–H groups in total. The smallest absolute Gasteiger partial charge is 0.0196 e. The largest absolute Gasteiger partial charge is 0.325 e. The highest BCUT2D eigenvalue weighted by Gasteiger charge is 2.38. The first-order chi connectivity index (χ1) is 7.04. The lowest BCUT2D eigenvalue weighted by molar-refractivity contribution is 0.668. The van der Waals surface area contributed by atoms with Crippen molar-refractivity contribution in [3.05, 3.63) is 34.4 Å². The molecule has 1 aliphatic rings. The molecule has 0 atom stereocenters. The summed E-state index contributed by atoms with van der Waals surface area (Å²) in [5.74, 6) is 0. The van der Waals surface area contributed by atoms with Gasteiger partial charge in [-0.15, -0.1) is 0 Å². The van der Waals surface area contributed by atoms with Gasteiger partial charge in [0.15, 0.2) is 0 Å². The van der Waals surface area contributed by atoms with Crippen LogP contribution >= 0.6 is 0 Å². The molecule has 0 aromatic heterocycles. The lowest BCUT2D eigenvalue weighted by Crippen LogP contribution is -2.25. The summed E-state index contributed by atoms with van der Waals surface area (Å²) in [5.41, 5.74) is 12.1. The fourth-order valence-electron chi connectivity index (χ4n) is 2.12. The van der Waals surface area contributed by atoms with Gasteiger partial charge in [-0.05, 0) is 61.8 Å².